The number of esters is 1. The second-order valence-electron chi connectivity index (χ2n) is 9.72. The van der Waals surface area contributed by atoms with Crippen LogP contribution in [0, 0.1) is 5.82 Å². The second-order valence-corrected chi connectivity index (χ2v) is 10.7. The fourth-order valence-electron chi connectivity index (χ4n) is 4.90. The summed E-state index contributed by atoms with van der Waals surface area (Å²) in [5, 5.41) is 2.89. The summed E-state index contributed by atoms with van der Waals surface area (Å²) < 4.78 is 26.4. The SMILES string of the molecule is COC(=O)c1ccc(-c2ccc(/C=c3\sc4n(c3=O)C(c3ccc(F)cc3)C(C(=O)Nc3ccccc3)=C(C)N=4)o2)cc1. The van der Waals surface area contributed by atoms with Crippen LogP contribution in [-0.4, -0.2) is 23.6 Å². The third kappa shape index (κ3) is 5.47. The minimum Gasteiger partial charge on any atom is -0.465 e. The van der Waals surface area contributed by atoms with Crippen molar-refractivity contribution in [2.75, 3.05) is 12.4 Å². The van der Waals surface area contributed by atoms with Crippen LogP contribution < -0.4 is 20.2 Å². The first-order valence-electron chi connectivity index (χ1n) is 13.3. The van der Waals surface area contributed by atoms with E-state index in [1.165, 1.54) is 35.1 Å². The molecular formula is C33H24FN3O5S. The fraction of sp³-hybridized carbons (Fsp3) is 0.0909. The quantitative estimate of drug-likeness (QED) is 0.277. The van der Waals surface area contributed by atoms with Crippen molar-refractivity contribution in [3.05, 3.63) is 145 Å². The highest BCUT2D eigenvalue weighted by Gasteiger charge is 2.32. The minimum absolute atomic E-state index is 0.282. The van der Waals surface area contributed by atoms with E-state index < -0.39 is 23.7 Å². The molecule has 5 aromatic rings. The molecule has 3 aromatic carbocycles. The van der Waals surface area contributed by atoms with Gasteiger partial charge in [0.1, 0.15) is 17.3 Å². The number of para-hydroxylation sites is 1. The zero-order valence-corrected chi connectivity index (χ0v) is 23.9. The lowest BCUT2D eigenvalue weighted by atomic mass is 9.95. The number of anilines is 1. The first-order valence-corrected chi connectivity index (χ1v) is 14.1. The van der Waals surface area contributed by atoms with Gasteiger partial charge in [0.2, 0.25) is 0 Å². The number of aromatic nitrogens is 1. The average Bonchev–Trinajstić information content (AvgIpc) is 3.61. The number of benzene rings is 3. The third-order valence-corrected chi connectivity index (χ3v) is 7.96. The van der Waals surface area contributed by atoms with Crippen molar-refractivity contribution in [3.63, 3.8) is 0 Å². The molecule has 1 atom stereocenters. The maximum Gasteiger partial charge on any atom is 0.337 e. The van der Waals surface area contributed by atoms with Gasteiger partial charge in [0.05, 0.1) is 34.5 Å². The topological polar surface area (TPSA) is 103 Å². The summed E-state index contributed by atoms with van der Waals surface area (Å²) in [5.74, 6) is -0.286. The molecule has 0 saturated carbocycles. The molecule has 0 aliphatic carbocycles. The zero-order valence-electron chi connectivity index (χ0n) is 23.0. The van der Waals surface area contributed by atoms with E-state index in [2.05, 4.69) is 10.3 Å². The number of allylic oxidation sites excluding steroid dienone is 1. The van der Waals surface area contributed by atoms with Crippen LogP contribution in [0.2, 0.25) is 0 Å². The van der Waals surface area contributed by atoms with Gasteiger partial charge in [0, 0.05) is 17.3 Å². The van der Waals surface area contributed by atoms with Crippen LogP contribution in [0.5, 0.6) is 0 Å². The summed E-state index contributed by atoms with van der Waals surface area (Å²) in [5.41, 5.74) is 2.69. The normalized spacial score (nSPS) is 14.7. The minimum atomic E-state index is -0.830. The van der Waals surface area contributed by atoms with E-state index in [1.807, 2.05) is 6.07 Å². The van der Waals surface area contributed by atoms with Crippen molar-refractivity contribution < 1.29 is 23.1 Å². The van der Waals surface area contributed by atoms with E-state index in [0.29, 0.717) is 43.4 Å². The highest BCUT2D eigenvalue weighted by Crippen LogP contribution is 2.31. The molecule has 0 radical (unpaired) electrons. The van der Waals surface area contributed by atoms with E-state index in [-0.39, 0.29) is 11.1 Å². The number of carbonyl (C=O) groups is 2. The summed E-state index contributed by atoms with van der Waals surface area (Å²) in [6, 6.07) is 24.2. The first kappa shape index (κ1) is 27.8. The van der Waals surface area contributed by atoms with Gasteiger partial charge in [-0.05, 0) is 61.0 Å². The van der Waals surface area contributed by atoms with Crippen molar-refractivity contribution in [2.24, 2.45) is 4.99 Å². The molecule has 10 heteroatoms. The molecule has 3 heterocycles. The molecule has 2 aromatic heterocycles. The second kappa shape index (κ2) is 11.5. The average molecular weight is 594 g/mol. The highest BCUT2D eigenvalue weighted by molar-refractivity contribution is 7.07. The van der Waals surface area contributed by atoms with E-state index in [9.17, 15) is 18.8 Å². The monoisotopic (exact) mass is 593 g/mol. The molecule has 43 heavy (non-hydrogen) atoms. The molecule has 0 spiro atoms. The number of halogens is 1. The van der Waals surface area contributed by atoms with Crippen LogP contribution >= 0.6 is 11.3 Å². The van der Waals surface area contributed by atoms with E-state index >= 15 is 0 Å². The van der Waals surface area contributed by atoms with E-state index in [1.54, 1.807) is 85.8 Å². The van der Waals surface area contributed by atoms with Gasteiger partial charge in [-0.15, -0.1) is 0 Å². The summed E-state index contributed by atoms with van der Waals surface area (Å²) in [4.78, 5) is 44.2. The van der Waals surface area contributed by atoms with Gasteiger partial charge in [-0.25, -0.2) is 14.2 Å². The Bertz CT molecular complexity index is 2060. The molecular weight excluding hydrogens is 569 g/mol. The Morgan fingerprint density at radius 2 is 1.72 bits per heavy atom. The lowest BCUT2D eigenvalue weighted by molar-refractivity contribution is -0.113. The summed E-state index contributed by atoms with van der Waals surface area (Å²) in [7, 11) is 1.32. The molecule has 1 aliphatic heterocycles. The molecule has 1 N–H and O–H groups in total. The number of nitrogens with zero attached hydrogens (tertiary/aromatic N) is 2. The van der Waals surface area contributed by atoms with Crippen molar-refractivity contribution >= 4 is 35.0 Å². The number of thiazole rings is 1. The smallest absolute Gasteiger partial charge is 0.337 e. The van der Waals surface area contributed by atoms with Crippen LogP contribution in [0.1, 0.15) is 34.6 Å². The summed E-state index contributed by atoms with van der Waals surface area (Å²) >= 11 is 1.17. The number of carbonyl (C=O) groups excluding carboxylic acids is 2. The Balaban J connectivity index is 1.40. The number of hydrogen-bond acceptors (Lipinski definition) is 7. The summed E-state index contributed by atoms with van der Waals surface area (Å²) in [6.45, 7) is 1.72. The molecule has 0 saturated heterocycles. The predicted molar refractivity (Wildman–Crippen MR) is 161 cm³/mol. The Morgan fingerprint density at radius 3 is 2.42 bits per heavy atom. The van der Waals surface area contributed by atoms with E-state index in [0.717, 1.165) is 5.56 Å². The first-order chi connectivity index (χ1) is 20.8. The molecule has 8 nitrogen and oxygen atoms in total. The van der Waals surface area contributed by atoms with Gasteiger partial charge in [-0.2, -0.15) is 0 Å². The lowest BCUT2D eigenvalue weighted by Gasteiger charge is -2.25. The molecule has 1 aliphatic rings. The Hall–Kier alpha value is -5.35. The predicted octanol–water partition coefficient (Wildman–Crippen LogP) is 5.06. The fourth-order valence-corrected chi connectivity index (χ4v) is 5.92. The van der Waals surface area contributed by atoms with Crippen molar-refractivity contribution in [1.29, 1.82) is 0 Å². The van der Waals surface area contributed by atoms with Crippen molar-refractivity contribution in [2.45, 2.75) is 13.0 Å². The third-order valence-electron chi connectivity index (χ3n) is 6.97. The van der Waals surface area contributed by atoms with Gasteiger partial charge in [-0.3, -0.25) is 14.2 Å². The Morgan fingerprint density at radius 1 is 1.00 bits per heavy atom. The number of nitrogens with one attached hydrogen (secondary N) is 1. The number of hydrogen-bond donors (Lipinski definition) is 1. The molecule has 6 rings (SSSR count). The lowest BCUT2D eigenvalue weighted by Crippen LogP contribution is -2.40. The molecule has 1 unspecified atom stereocenters. The Labute approximate surface area is 248 Å². The van der Waals surface area contributed by atoms with Gasteiger partial charge < -0.3 is 14.5 Å². The number of rotatable bonds is 6. The maximum atomic E-state index is 13.9. The van der Waals surface area contributed by atoms with Crippen LogP contribution in [0.3, 0.4) is 0 Å². The van der Waals surface area contributed by atoms with E-state index in [4.69, 9.17) is 9.15 Å². The van der Waals surface area contributed by atoms with Crippen molar-refractivity contribution in [1.82, 2.24) is 4.57 Å². The maximum absolute atomic E-state index is 13.9. The van der Waals surface area contributed by atoms with Crippen LogP contribution in [-0.2, 0) is 9.53 Å². The van der Waals surface area contributed by atoms with Gasteiger partial charge in [0.25, 0.3) is 11.5 Å². The standard InChI is InChI=1S/C33H24FN3O5S/c1-19-28(30(38)36-24-6-4-3-5-7-24)29(21-12-14-23(34)15-13-21)37-31(39)27(43-33(37)35-19)18-25-16-17-26(42-25)20-8-10-22(11-9-20)32(40)41-2/h3-18,29H,1-2H3,(H,36,38)/b27-18-. The summed E-state index contributed by atoms with van der Waals surface area (Å²) in [6.07, 6.45) is 1.63. The highest BCUT2D eigenvalue weighted by atomic mass is 32.1. The van der Waals surface area contributed by atoms with Crippen molar-refractivity contribution in [3.8, 4) is 11.3 Å². The molecule has 0 bridgehead atoms. The number of fused-ring (bicyclic) bond motifs is 1. The van der Waals surface area contributed by atoms with Gasteiger partial charge in [0.15, 0.2) is 4.80 Å². The van der Waals surface area contributed by atoms with Gasteiger partial charge >= 0.3 is 5.97 Å². The Kier molecular flexibility index (Phi) is 7.43. The number of methoxy groups -OCH3 is 1. The molecule has 0 fully saturated rings. The van der Waals surface area contributed by atoms with Gasteiger partial charge in [-0.1, -0.05) is 53.8 Å². The van der Waals surface area contributed by atoms with Crippen LogP contribution in [0.15, 0.2) is 116 Å². The molecule has 214 valence electrons. The number of amides is 1. The molecule has 1 amide bonds. The number of ether oxygens (including phenoxy) is 1. The van der Waals surface area contributed by atoms with Crippen LogP contribution in [0.4, 0.5) is 10.1 Å². The zero-order chi connectivity index (χ0) is 30.1. The largest absolute Gasteiger partial charge is 0.465 e. The van der Waals surface area contributed by atoms with Crippen LogP contribution in [0.25, 0.3) is 17.4 Å². The number of furan rings is 1.